The molecule has 0 bridgehead atoms. The maximum atomic E-state index is 12.8. The van der Waals surface area contributed by atoms with Gasteiger partial charge < -0.3 is 4.90 Å². The van der Waals surface area contributed by atoms with Gasteiger partial charge in [-0.1, -0.05) is 31.2 Å². The number of carbonyl (C=O) groups excluding carboxylic acids is 2. The van der Waals surface area contributed by atoms with E-state index in [0.717, 1.165) is 23.7 Å². The number of benzene rings is 2. The normalized spacial score (nSPS) is 22.7. The van der Waals surface area contributed by atoms with E-state index in [1.54, 1.807) is 12.1 Å². The lowest BCUT2D eigenvalue weighted by Crippen LogP contribution is -2.45. The van der Waals surface area contributed by atoms with Crippen LogP contribution in [0.3, 0.4) is 0 Å². The molecule has 1 saturated heterocycles. The highest BCUT2D eigenvalue weighted by atomic mass is 32.2. The molecule has 4 nitrogen and oxygen atoms in total. The summed E-state index contributed by atoms with van der Waals surface area (Å²) in [5.41, 5.74) is 4.21. The Labute approximate surface area is 170 Å². The average Bonchev–Trinajstić information content (AvgIpc) is 2.93. The molecule has 2 aliphatic heterocycles. The first-order chi connectivity index (χ1) is 13.3. The van der Waals surface area contributed by atoms with E-state index >= 15 is 0 Å². The second kappa shape index (κ2) is 6.82. The van der Waals surface area contributed by atoms with E-state index in [2.05, 4.69) is 44.9 Å². The summed E-state index contributed by atoms with van der Waals surface area (Å²) >= 11 is 0.998. The molecule has 2 amide bonds. The highest BCUT2D eigenvalue weighted by molar-refractivity contribution is 8.19. The average molecular weight is 393 g/mol. The van der Waals surface area contributed by atoms with Crippen LogP contribution in [0, 0.1) is 0 Å². The standard InChI is InChI=1S/C23H24N2O2S/c1-15-14-23(2,3)24(4)19-11-10-16(12-18(15)19)13-20-21(26)25(22(27)28-20)17-8-6-5-7-9-17/h5-13,15H,14H2,1-4H3/b20-13-. The lowest BCUT2D eigenvalue weighted by atomic mass is 9.80. The number of imide groups is 1. The van der Waals surface area contributed by atoms with Gasteiger partial charge in [-0.15, -0.1) is 0 Å². The number of para-hydroxylation sites is 1. The molecule has 0 aromatic heterocycles. The van der Waals surface area contributed by atoms with Crippen LogP contribution in [0.4, 0.5) is 16.2 Å². The summed E-state index contributed by atoms with van der Waals surface area (Å²) in [5.74, 6) is 0.180. The van der Waals surface area contributed by atoms with E-state index in [4.69, 9.17) is 0 Å². The Morgan fingerprint density at radius 3 is 2.54 bits per heavy atom. The minimum atomic E-state index is -0.259. The molecule has 144 valence electrons. The molecule has 5 heteroatoms. The van der Waals surface area contributed by atoms with Crippen molar-refractivity contribution in [2.45, 2.75) is 38.6 Å². The number of hydrogen-bond donors (Lipinski definition) is 0. The summed E-state index contributed by atoms with van der Waals surface area (Å²) in [7, 11) is 2.13. The van der Waals surface area contributed by atoms with Gasteiger partial charge in [-0.05, 0) is 79.4 Å². The number of nitrogens with zero attached hydrogens (tertiary/aromatic N) is 2. The molecule has 0 saturated carbocycles. The smallest absolute Gasteiger partial charge is 0.298 e. The van der Waals surface area contributed by atoms with Crippen molar-refractivity contribution < 1.29 is 9.59 Å². The van der Waals surface area contributed by atoms with E-state index < -0.39 is 0 Å². The highest BCUT2D eigenvalue weighted by Gasteiger charge is 2.37. The fourth-order valence-corrected chi connectivity index (χ4v) is 4.95. The molecule has 1 atom stereocenters. The third kappa shape index (κ3) is 3.14. The minimum Gasteiger partial charge on any atom is -0.369 e. The fourth-order valence-electron chi connectivity index (χ4n) is 4.10. The number of anilines is 2. The van der Waals surface area contributed by atoms with Gasteiger partial charge in [0.2, 0.25) is 0 Å². The maximum absolute atomic E-state index is 12.8. The van der Waals surface area contributed by atoms with Gasteiger partial charge in [-0.25, -0.2) is 4.90 Å². The Hall–Kier alpha value is -2.53. The van der Waals surface area contributed by atoms with Crippen molar-refractivity contribution in [1.29, 1.82) is 0 Å². The summed E-state index contributed by atoms with van der Waals surface area (Å²) in [6.07, 6.45) is 2.91. The molecule has 28 heavy (non-hydrogen) atoms. The summed E-state index contributed by atoms with van der Waals surface area (Å²) in [6, 6.07) is 15.4. The topological polar surface area (TPSA) is 40.6 Å². The zero-order valence-electron chi connectivity index (χ0n) is 16.6. The van der Waals surface area contributed by atoms with Crippen molar-refractivity contribution in [2.75, 3.05) is 16.8 Å². The van der Waals surface area contributed by atoms with Gasteiger partial charge in [0.05, 0.1) is 10.6 Å². The van der Waals surface area contributed by atoms with Crippen molar-refractivity contribution in [3.05, 3.63) is 64.6 Å². The van der Waals surface area contributed by atoms with E-state index in [1.165, 1.54) is 16.2 Å². The van der Waals surface area contributed by atoms with Gasteiger partial charge in [0.25, 0.3) is 11.1 Å². The molecule has 0 aliphatic carbocycles. The number of hydrogen-bond acceptors (Lipinski definition) is 4. The minimum absolute atomic E-state index is 0.117. The third-order valence-corrected chi connectivity index (χ3v) is 6.63. The maximum Gasteiger partial charge on any atom is 0.298 e. The highest BCUT2D eigenvalue weighted by Crippen LogP contribution is 2.43. The molecular weight excluding hydrogens is 368 g/mol. The molecule has 2 aromatic rings. The largest absolute Gasteiger partial charge is 0.369 e. The van der Waals surface area contributed by atoms with Crippen molar-refractivity contribution in [3.63, 3.8) is 0 Å². The quantitative estimate of drug-likeness (QED) is 0.619. The SMILES string of the molecule is CC1CC(C)(C)N(C)c2ccc(/C=C3\SC(=O)N(c4ccccc4)C3=O)cc21. The second-order valence-electron chi connectivity index (χ2n) is 8.15. The predicted octanol–water partition coefficient (Wildman–Crippen LogP) is 5.65. The van der Waals surface area contributed by atoms with Crippen molar-refractivity contribution >= 4 is 40.4 Å². The Bertz CT molecular complexity index is 981. The van der Waals surface area contributed by atoms with Crippen LogP contribution in [0.2, 0.25) is 0 Å². The van der Waals surface area contributed by atoms with Crippen LogP contribution >= 0.6 is 11.8 Å². The lowest BCUT2D eigenvalue weighted by molar-refractivity contribution is -0.113. The molecule has 4 rings (SSSR count). The van der Waals surface area contributed by atoms with Gasteiger partial charge in [0.15, 0.2) is 0 Å². The van der Waals surface area contributed by atoms with Gasteiger partial charge in [0.1, 0.15) is 0 Å². The Balaban J connectivity index is 1.67. The van der Waals surface area contributed by atoms with E-state index in [0.29, 0.717) is 16.5 Å². The number of rotatable bonds is 2. The molecule has 2 aliphatic rings. The van der Waals surface area contributed by atoms with E-state index in [9.17, 15) is 9.59 Å². The summed E-state index contributed by atoms with van der Waals surface area (Å²) in [4.78, 5) is 29.3. The molecule has 0 N–H and O–H groups in total. The van der Waals surface area contributed by atoms with Crippen molar-refractivity contribution in [2.24, 2.45) is 0 Å². The Morgan fingerprint density at radius 1 is 1.11 bits per heavy atom. The zero-order valence-corrected chi connectivity index (χ0v) is 17.4. The molecule has 2 heterocycles. The Morgan fingerprint density at radius 2 is 1.82 bits per heavy atom. The molecular formula is C23H24N2O2S. The van der Waals surface area contributed by atoms with Crippen molar-refractivity contribution in [1.82, 2.24) is 0 Å². The van der Waals surface area contributed by atoms with Gasteiger partial charge in [0, 0.05) is 18.3 Å². The van der Waals surface area contributed by atoms with Crippen LogP contribution in [-0.2, 0) is 4.79 Å². The first-order valence-corrected chi connectivity index (χ1v) is 10.3. The van der Waals surface area contributed by atoms with Crippen LogP contribution in [0.1, 0.15) is 44.2 Å². The zero-order chi connectivity index (χ0) is 20.1. The van der Waals surface area contributed by atoms with Gasteiger partial charge in [-0.3, -0.25) is 9.59 Å². The van der Waals surface area contributed by atoms with E-state index in [1.807, 2.05) is 30.3 Å². The number of amides is 2. The number of fused-ring (bicyclic) bond motifs is 1. The lowest BCUT2D eigenvalue weighted by Gasteiger charge is -2.45. The molecule has 1 unspecified atom stereocenters. The van der Waals surface area contributed by atoms with Gasteiger partial charge in [-0.2, -0.15) is 0 Å². The third-order valence-electron chi connectivity index (χ3n) is 5.76. The molecule has 0 radical (unpaired) electrons. The molecule has 2 aromatic carbocycles. The first kappa shape index (κ1) is 18.8. The summed E-state index contributed by atoms with van der Waals surface area (Å²) in [5, 5.41) is -0.254. The van der Waals surface area contributed by atoms with Crippen LogP contribution in [0.15, 0.2) is 53.4 Å². The van der Waals surface area contributed by atoms with Gasteiger partial charge >= 0.3 is 0 Å². The molecule has 0 spiro atoms. The fraction of sp³-hybridized carbons (Fsp3) is 0.304. The number of carbonyl (C=O) groups is 2. The van der Waals surface area contributed by atoms with Crippen LogP contribution in [0.25, 0.3) is 6.08 Å². The summed E-state index contributed by atoms with van der Waals surface area (Å²) in [6.45, 7) is 6.78. The monoisotopic (exact) mass is 392 g/mol. The van der Waals surface area contributed by atoms with Crippen molar-refractivity contribution in [3.8, 4) is 0 Å². The summed E-state index contributed by atoms with van der Waals surface area (Å²) < 4.78 is 0. The van der Waals surface area contributed by atoms with E-state index in [-0.39, 0.29) is 16.7 Å². The van der Waals surface area contributed by atoms with Crippen LogP contribution < -0.4 is 9.80 Å². The second-order valence-corrected chi connectivity index (χ2v) is 9.14. The first-order valence-electron chi connectivity index (χ1n) is 9.49. The predicted molar refractivity (Wildman–Crippen MR) is 117 cm³/mol. The van der Waals surface area contributed by atoms with Crippen LogP contribution in [-0.4, -0.2) is 23.7 Å². The molecule has 1 fully saturated rings. The number of thioether (sulfide) groups is 1. The Kier molecular flexibility index (Phi) is 4.58. The van der Waals surface area contributed by atoms with Crippen LogP contribution in [0.5, 0.6) is 0 Å².